The van der Waals surface area contributed by atoms with Crippen LogP contribution in [-0.2, 0) is 5.60 Å². The minimum Gasteiger partial charge on any atom is -0.385 e. The van der Waals surface area contributed by atoms with Crippen LogP contribution in [-0.4, -0.2) is 28.2 Å². The molecule has 0 atom stereocenters. The van der Waals surface area contributed by atoms with Crippen LogP contribution < -0.4 is 4.90 Å². The molecule has 0 radical (unpaired) electrons. The van der Waals surface area contributed by atoms with Crippen LogP contribution in [0.25, 0.3) is 0 Å². The van der Waals surface area contributed by atoms with Crippen LogP contribution in [0.4, 0.5) is 5.95 Å². The Hall–Kier alpha value is -2.16. The van der Waals surface area contributed by atoms with E-state index < -0.39 is 5.60 Å². The molecule has 1 aromatic carbocycles. The molecule has 22 heavy (non-hydrogen) atoms. The average molecular weight is 315 g/mol. The van der Waals surface area contributed by atoms with Gasteiger partial charge in [0.05, 0.1) is 5.60 Å². The Morgan fingerprint density at radius 2 is 1.86 bits per heavy atom. The number of benzene rings is 1. The normalized spacial score (nSPS) is 17.0. The molecule has 0 amide bonds. The highest BCUT2D eigenvalue weighted by Crippen LogP contribution is 2.34. The molecule has 1 aliphatic heterocycles. The molecule has 1 aromatic heterocycles. The topological polar surface area (TPSA) is 73.0 Å². The van der Waals surface area contributed by atoms with Gasteiger partial charge in [-0.2, -0.15) is 5.26 Å². The quantitative estimate of drug-likeness (QED) is 0.922. The smallest absolute Gasteiger partial charge is 0.226 e. The molecule has 5 nitrogen and oxygen atoms in total. The van der Waals surface area contributed by atoms with E-state index in [0.717, 1.165) is 5.56 Å². The van der Waals surface area contributed by atoms with Crippen LogP contribution in [0.3, 0.4) is 0 Å². The number of piperidine rings is 1. The number of aromatic nitrogens is 2. The zero-order chi connectivity index (χ0) is 15.6. The van der Waals surface area contributed by atoms with Crippen LogP contribution in [0, 0.1) is 11.3 Å². The maximum atomic E-state index is 10.8. The number of halogens is 1. The van der Waals surface area contributed by atoms with Crippen LogP contribution >= 0.6 is 11.6 Å². The summed E-state index contributed by atoms with van der Waals surface area (Å²) in [4.78, 5) is 10.4. The van der Waals surface area contributed by atoms with Crippen molar-refractivity contribution in [1.29, 1.82) is 5.26 Å². The van der Waals surface area contributed by atoms with Gasteiger partial charge in [0, 0.05) is 24.3 Å². The van der Waals surface area contributed by atoms with Gasteiger partial charge in [-0.15, -0.1) is 0 Å². The predicted molar refractivity (Wildman–Crippen MR) is 83.5 cm³/mol. The van der Waals surface area contributed by atoms with Gasteiger partial charge >= 0.3 is 0 Å². The van der Waals surface area contributed by atoms with Gasteiger partial charge in [0.1, 0.15) is 11.8 Å². The minimum atomic E-state index is -0.853. The third-order valence-corrected chi connectivity index (χ3v) is 4.26. The molecule has 112 valence electrons. The zero-order valence-electron chi connectivity index (χ0n) is 11.9. The van der Waals surface area contributed by atoms with Crippen molar-refractivity contribution in [2.75, 3.05) is 18.0 Å². The Balaban J connectivity index is 1.74. The van der Waals surface area contributed by atoms with E-state index in [1.165, 1.54) is 0 Å². The van der Waals surface area contributed by atoms with Crippen molar-refractivity contribution in [3.63, 3.8) is 0 Å². The van der Waals surface area contributed by atoms with Crippen molar-refractivity contribution >= 4 is 17.5 Å². The lowest BCUT2D eigenvalue weighted by atomic mass is 9.84. The first-order valence-corrected chi connectivity index (χ1v) is 7.45. The molecule has 0 spiro atoms. The van der Waals surface area contributed by atoms with E-state index in [1.54, 1.807) is 24.4 Å². The van der Waals surface area contributed by atoms with E-state index in [-0.39, 0.29) is 0 Å². The van der Waals surface area contributed by atoms with E-state index in [1.807, 2.05) is 23.1 Å². The lowest BCUT2D eigenvalue weighted by Gasteiger charge is -2.38. The number of hydrogen-bond acceptors (Lipinski definition) is 5. The van der Waals surface area contributed by atoms with E-state index in [2.05, 4.69) is 9.97 Å². The van der Waals surface area contributed by atoms with Crippen molar-refractivity contribution in [2.45, 2.75) is 18.4 Å². The van der Waals surface area contributed by atoms with Crippen LogP contribution in [0.5, 0.6) is 0 Å². The Labute approximate surface area is 133 Å². The molecule has 2 aromatic rings. The molecule has 3 rings (SSSR count). The number of anilines is 1. The first-order valence-electron chi connectivity index (χ1n) is 7.07. The highest BCUT2D eigenvalue weighted by molar-refractivity contribution is 6.30. The van der Waals surface area contributed by atoms with Crippen molar-refractivity contribution in [1.82, 2.24) is 9.97 Å². The highest BCUT2D eigenvalue weighted by Gasteiger charge is 2.34. The third kappa shape index (κ3) is 2.89. The summed E-state index contributed by atoms with van der Waals surface area (Å²) in [6.45, 7) is 1.27. The molecule has 2 heterocycles. The number of nitriles is 1. The van der Waals surface area contributed by atoms with Crippen LogP contribution in [0.15, 0.2) is 36.5 Å². The van der Waals surface area contributed by atoms with E-state index in [9.17, 15) is 5.11 Å². The largest absolute Gasteiger partial charge is 0.385 e. The number of rotatable bonds is 2. The summed E-state index contributed by atoms with van der Waals surface area (Å²) in [5.41, 5.74) is 0.375. The van der Waals surface area contributed by atoms with Gasteiger partial charge in [-0.1, -0.05) is 23.7 Å². The molecular formula is C16H15ClN4O. The maximum absolute atomic E-state index is 10.8. The minimum absolute atomic E-state index is 0.350. The third-order valence-electron chi connectivity index (χ3n) is 4.01. The summed E-state index contributed by atoms with van der Waals surface area (Å²) in [5.74, 6) is 0.539. The summed E-state index contributed by atoms with van der Waals surface area (Å²) < 4.78 is 0. The van der Waals surface area contributed by atoms with Gasteiger partial charge < -0.3 is 10.0 Å². The fourth-order valence-corrected chi connectivity index (χ4v) is 2.81. The molecule has 1 N–H and O–H groups in total. The van der Waals surface area contributed by atoms with E-state index in [4.69, 9.17) is 16.9 Å². The molecule has 1 saturated heterocycles. The Kier molecular flexibility index (Phi) is 3.97. The molecule has 0 aliphatic carbocycles. The van der Waals surface area contributed by atoms with Crippen molar-refractivity contribution in [3.8, 4) is 6.07 Å². The molecule has 0 unspecified atom stereocenters. The van der Waals surface area contributed by atoms with E-state index in [0.29, 0.717) is 42.6 Å². The summed E-state index contributed by atoms with van der Waals surface area (Å²) in [7, 11) is 0. The fraction of sp³-hybridized carbons (Fsp3) is 0.312. The number of aliphatic hydroxyl groups is 1. The van der Waals surface area contributed by atoms with E-state index >= 15 is 0 Å². The highest BCUT2D eigenvalue weighted by atomic mass is 35.5. The lowest BCUT2D eigenvalue weighted by Crippen LogP contribution is -2.43. The van der Waals surface area contributed by atoms with Gasteiger partial charge in [0.2, 0.25) is 5.95 Å². The second-order valence-corrected chi connectivity index (χ2v) is 5.82. The van der Waals surface area contributed by atoms with Crippen molar-refractivity contribution < 1.29 is 5.11 Å². The lowest BCUT2D eigenvalue weighted by molar-refractivity contribution is 0.0115. The Bertz CT molecular complexity index is 703. The molecule has 6 heteroatoms. The van der Waals surface area contributed by atoms with Crippen molar-refractivity contribution in [2.24, 2.45) is 0 Å². The molecular weight excluding hydrogens is 300 g/mol. The van der Waals surface area contributed by atoms with Crippen LogP contribution in [0.2, 0.25) is 5.02 Å². The first kappa shape index (κ1) is 14.8. The molecule has 0 saturated carbocycles. The second-order valence-electron chi connectivity index (χ2n) is 5.38. The fourth-order valence-electron chi connectivity index (χ4n) is 2.69. The first-order chi connectivity index (χ1) is 10.6. The van der Waals surface area contributed by atoms with Crippen LogP contribution in [0.1, 0.15) is 24.1 Å². The van der Waals surface area contributed by atoms with Gasteiger partial charge in [-0.25, -0.2) is 9.97 Å². The summed E-state index contributed by atoms with van der Waals surface area (Å²) in [6.07, 6.45) is 2.74. The van der Waals surface area contributed by atoms with Gasteiger partial charge in [-0.05, 0) is 36.6 Å². The Morgan fingerprint density at radius 1 is 1.18 bits per heavy atom. The standard InChI is InChI=1S/C16H15ClN4O/c17-13-3-1-12(2-4-13)16(22)6-9-21(10-7-16)15-19-8-5-14(11-18)20-15/h1-5,8,22H,6-7,9-10H2. The predicted octanol–water partition coefficient (Wildman–Crippen LogP) is 2.49. The zero-order valence-corrected chi connectivity index (χ0v) is 12.7. The monoisotopic (exact) mass is 314 g/mol. The molecule has 1 fully saturated rings. The number of hydrogen-bond donors (Lipinski definition) is 1. The average Bonchev–Trinajstić information content (AvgIpc) is 2.56. The SMILES string of the molecule is N#Cc1ccnc(N2CCC(O)(c3ccc(Cl)cc3)CC2)n1. The summed E-state index contributed by atoms with van der Waals surface area (Å²) in [6, 6.07) is 10.9. The second kappa shape index (κ2) is 5.91. The summed E-state index contributed by atoms with van der Waals surface area (Å²) >= 11 is 5.90. The van der Waals surface area contributed by atoms with Gasteiger partial charge in [-0.3, -0.25) is 0 Å². The number of nitrogens with zero attached hydrogens (tertiary/aromatic N) is 4. The maximum Gasteiger partial charge on any atom is 0.226 e. The Morgan fingerprint density at radius 3 is 2.50 bits per heavy atom. The van der Waals surface area contributed by atoms with Crippen molar-refractivity contribution in [3.05, 3.63) is 52.8 Å². The molecule has 0 bridgehead atoms. The van der Waals surface area contributed by atoms with Gasteiger partial charge in [0.15, 0.2) is 0 Å². The van der Waals surface area contributed by atoms with Gasteiger partial charge in [0.25, 0.3) is 0 Å². The molecule has 1 aliphatic rings. The summed E-state index contributed by atoms with van der Waals surface area (Å²) in [5, 5.41) is 20.4.